The standard InChI is InChI=1S/C17H20FN3OS.2ClH/c1-2-9-21(14-7-8-19-10-14)17(22)15-11-23-16(20-15)12-3-5-13(18)6-4-12;;/h3-6,11,14,19H,2,7-10H2,1H3;2*1H. The summed E-state index contributed by atoms with van der Waals surface area (Å²) in [6.45, 7) is 4.62. The summed E-state index contributed by atoms with van der Waals surface area (Å²) in [6.07, 6.45) is 1.91. The molecule has 1 amide bonds. The molecule has 1 aromatic carbocycles. The van der Waals surface area contributed by atoms with Crippen molar-refractivity contribution in [2.45, 2.75) is 25.8 Å². The van der Waals surface area contributed by atoms with Gasteiger partial charge < -0.3 is 10.2 Å². The van der Waals surface area contributed by atoms with E-state index in [1.54, 1.807) is 17.5 Å². The minimum atomic E-state index is -0.274. The molecule has 2 aromatic rings. The zero-order valence-electron chi connectivity index (χ0n) is 13.9. The van der Waals surface area contributed by atoms with Crippen LogP contribution in [0.5, 0.6) is 0 Å². The van der Waals surface area contributed by atoms with Crippen LogP contribution in [0.1, 0.15) is 30.3 Å². The summed E-state index contributed by atoms with van der Waals surface area (Å²) >= 11 is 1.42. The quantitative estimate of drug-likeness (QED) is 0.816. The van der Waals surface area contributed by atoms with Gasteiger partial charge in [-0.3, -0.25) is 4.79 Å². The van der Waals surface area contributed by atoms with Crippen molar-refractivity contribution in [3.05, 3.63) is 41.2 Å². The molecule has 0 bridgehead atoms. The number of hydrogen-bond donors (Lipinski definition) is 1. The Morgan fingerprint density at radius 1 is 1.36 bits per heavy atom. The molecule has 1 unspecified atom stereocenters. The van der Waals surface area contributed by atoms with Gasteiger partial charge in [-0.15, -0.1) is 36.2 Å². The van der Waals surface area contributed by atoms with Gasteiger partial charge in [0, 0.05) is 30.1 Å². The SMILES string of the molecule is CCCN(C(=O)c1csc(-c2ccc(F)cc2)n1)C1CCNC1.Cl.Cl. The maximum absolute atomic E-state index is 13.0. The Hall–Kier alpha value is -1.21. The number of rotatable bonds is 5. The second-order valence-electron chi connectivity index (χ2n) is 5.69. The van der Waals surface area contributed by atoms with Crippen LogP contribution in [-0.4, -0.2) is 41.5 Å². The molecule has 1 aromatic heterocycles. The minimum absolute atomic E-state index is 0. The topological polar surface area (TPSA) is 45.2 Å². The predicted octanol–water partition coefficient (Wildman–Crippen LogP) is 4.01. The van der Waals surface area contributed by atoms with Crippen LogP contribution in [0.15, 0.2) is 29.6 Å². The van der Waals surface area contributed by atoms with E-state index in [9.17, 15) is 9.18 Å². The van der Waals surface area contributed by atoms with Crippen molar-refractivity contribution >= 4 is 42.1 Å². The van der Waals surface area contributed by atoms with Gasteiger partial charge >= 0.3 is 0 Å². The minimum Gasteiger partial charge on any atom is -0.333 e. The van der Waals surface area contributed by atoms with Crippen LogP contribution in [-0.2, 0) is 0 Å². The molecule has 1 aliphatic rings. The largest absolute Gasteiger partial charge is 0.333 e. The molecular weight excluding hydrogens is 384 g/mol. The first-order chi connectivity index (χ1) is 11.2. The van der Waals surface area contributed by atoms with E-state index < -0.39 is 0 Å². The molecule has 1 aliphatic heterocycles. The Bertz CT molecular complexity index is 675. The third-order valence-corrected chi connectivity index (χ3v) is 4.91. The summed E-state index contributed by atoms with van der Waals surface area (Å²) in [5.41, 5.74) is 1.31. The van der Waals surface area contributed by atoms with Crippen molar-refractivity contribution in [3.8, 4) is 10.6 Å². The number of aromatic nitrogens is 1. The number of thiazole rings is 1. The Labute approximate surface area is 163 Å². The maximum atomic E-state index is 13.0. The Morgan fingerprint density at radius 2 is 2.08 bits per heavy atom. The summed E-state index contributed by atoms with van der Waals surface area (Å²) in [6, 6.07) is 6.44. The van der Waals surface area contributed by atoms with Crippen LogP contribution in [0.3, 0.4) is 0 Å². The number of benzene rings is 1. The molecule has 138 valence electrons. The van der Waals surface area contributed by atoms with Crippen molar-refractivity contribution in [3.63, 3.8) is 0 Å². The van der Waals surface area contributed by atoms with E-state index in [0.717, 1.165) is 43.0 Å². The molecule has 1 atom stereocenters. The van der Waals surface area contributed by atoms with Gasteiger partial charge in [0.15, 0.2) is 0 Å². The summed E-state index contributed by atoms with van der Waals surface area (Å²) in [7, 11) is 0. The van der Waals surface area contributed by atoms with Crippen LogP contribution in [0.25, 0.3) is 10.6 Å². The van der Waals surface area contributed by atoms with Crippen LogP contribution >= 0.6 is 36.2 Å². The lowest BCUT2D eigenvalue weighted by Gasteiger charge is -2.27. The van der Waals surface area contributed by atoms with Crippen molar-refractivity contribution in [2.24, 2.45) is 0 Å². The number of hydrogen-bond acceptors (Lipinski definition) is 4. The van der Waals surface area contributed by atoms with Gasteiger partial charge in [-0.25, -0.2) is 9.37 Å². The predicted molar refractivity (Wildman–Crippen MR) is 105 cm³/mol. The second-order valence-corrected chi connectivity index (χ2v) is 6.55. The highest BCUT2D eigenvalue weighted by molar-refractivity contribution is 7.13. The van der Waals surface area contributed by atoms with Crippen molar-refractivity contribution in [1.82, 2.24) is 15.2 Å². The van der Waals surface area contributed by atoms with Crippen molar-refractivity contribution in [2.75, 3.05) is 19.6 Å². The number of amides is 1. The molecule has 0 radical (unpaired) electrons. The van der Waals surface area contributed by atoms with E-state index in [1.807, 2.05) is 4.90 Å². The molecule has 1 fully saturated rings. The highest BCUT2D eigenvalue weighted by Crippen LogP contribution is 2.25. The van der Waals surface area contributed by atoms with Gasteiger partial charge in [0.25, 0.3) is 5.91 Å². The molecular formula is C17H22Cl2FN3OS. The summed E-state index contributed by atoms with van der Waals surface area (Å²) < 4.78 is 13.0. The zero-order valence-corrected chi connectivity index (χ0v) is 16.4. The molecule has 3 rings (SSSR count). The highest BCUT2D eigenvalue weighted by atomic mass is 35.5. The normalized spacial score (nSPS) is 16.0. The van der Waals surface area contributed by atoms with Gasteiger partial charge in [0.2, 0.25) is 0 Å². The van der Waals surface area contributed by atoms with E-state index in [1.165, 1.54) is 23.5 Å². The smallest absolute Gasteiger partial charge is 0.273 e. The fourth-order valence-corrected chi connectivity index (χ4v) is 3.64. The second kappa shape index (κ2) is 10.1. The molecule has 1 saturated heterocycles. The fourth-order valence-electron chi connectivity index (χ4n) is 2.84. The third kappa shape index (κ3) is 5.14. The molecule has 4 nitrogen and oxygen atoms in total. The van der Waals surface area contributed by atoms with Crippen LogP contribution < -0.4 is 5.32 Å². The number of carbonyl (C=O) groups is 1. The molecule has 1 N–H and O–H groups in total. The fraction of sp³-hybridized carbons (Fsp3) is 0.412. The summed E-state index contributed by atoms with van der Waals surface area (Å²) in [5.74, 6) is -0.283. The monoisotopic (exact) mass is 405 g/mol. The number of nitrogens with zero attached hydrogens (tertiary/aromatic N) is 2. The Morgan fingerprint density at radius 3 is 2.68 bits per heavy atom. The van der Waals surface area contributed by atoms with Gasteiger partial charge in [-0.1, -0.05) is 6.92 Å². The van der Waals surface area contributed by atoms with E-state index in [4.69, 9.17) is 0 Å². The molecule has 2 heterocycles. The number of halogens is 3. The number of nitrogens with one attached hydrogen (secondary N) is 1. The van der Waals surface area contributed by atoms with Crippen molar-refractivity contribution < 1.29 is 9.18 Å². The van der Waals surface area contributed by atoms with E-state index in [0.29, 0.717) is 5.69 Å². The van der Waals surface area contributed by atoms with Gasteiger partial charge in [0.1, 0.15) is 16.5 Å². The van der Waals surface area contributed by atoms with Crippen LogP contribution in [0, 0.1) is 5.82 Å². The van der Waals surface area contributed by atoms with E-state index in [-0.39, 0.29) is 42.6 Å². The lowest BCUT2D eigenvalue weighted by atomic mass is 10.2. The average Bonchev–Trinajstić information content (AvgIpc) is 3.24. The molecule has 0 aliphatic carbocycles. The molecule has 0 spiro atoms. The lowest BCUT2D eigenvalue weighted by molar-refractivity contribution is 0.0687. The van der Waals surface area contributed by atoms with Crippen LogP contribution in [0.4, 0.5) is 4.39 Å². The molecule has 25 heavy (non-hydrogen) atoms. The van der Waals surface area contributed by atoms with Gasteiger partial charge in [0.05, 0.1) is 0 Å². The maximum Gasteiger partial charge on any atom is 0.273 e. The first-order valence-corrected chi connectivity index (χ1v) is 8.80. The Balaban J connectivity index is 0.00000156. The lowest BCUT2D eigenvalue weighted by Crippen LogP contribution is -2.42. The van der Waals surface area contributed by atoms with Crippen LogP contribution in [0.2, 0.25) is 0 Å². The molecule has 8 heteroatoms. The third-order valence-electron chi connectivity index (χ3n) is 4.01. The summed E-state index contributed by atoms with van der Waals surface area (Å²) in [5, 5.41) is 5.85. The van der Waals surface area contributed by atoms with E-state index >= 15 is 0 Å². The summed E-state index contributed by atoms with van der Waals surface area (Å²) in [4.78, 5) is 19.2. The van der Waals surface area contributed by atoms with Gasteiger partial charge in [-0.05, 0) is 43.7 Å². The number of carbonyl (C=O) groups excluding carboxylic acids is 1. The molecule has 0 saturated carbocycles. The highest BCUT2D eigenvalue weighted by Gasteiger charge is 2.28. The Kier molecular flexibility index (Phi) is 8.79. The zero-order chi connectivity index (χ0) is 16.2. The average molecular weight is 406 g/mol. The first-order valence-electron chi connectivity index (χ1n) is 7.92. The first kappa shape index (κ1) is 21.8. The van der Waals surface area contributed by atoms with Gasteiger partial charge in [-0.2, -0.15) is 0 Å². The van der Waals surface area contributed by atoms with Crippen molar-refractivity contribution in [1.29, 1.82) is 0 Å². The van der Waals surface area contributed by atoms with E-state index in [2.05, 4.69) is 17.2 Å².